The Balaban J connectivity index is 1.47. The molecule has 158 valence electrons. The fourth-order valence-electron chi connectivity index (χ4n) is 4.79. The normalized spacial score (nSPS) is 23.2. The minimum absolute atomic E-state index is 0.106. The highest BCUT2D eigenvalue weighted by atomic mass is 19.1. The van der Waals surface area contributed by atoms with Crippen molar-refractivity contribution in [3.8, 4) is 0 Å². The van der Waals surface area contributed by atoms with Crippen LogP contribution in [0.15, 0.2) is 36.5 Å². The summed E-state index contributed by atoms with van der Waals surface area (Å²) >= 11 is 0. The van der Waals surface area contributed by atoms with E-state index in [4.69, 9.17) is 4.98 Å². The largest absolute Gasteiger partial charge is 0.355 e. The van der Waals surface area contributed by atoms with E-state index in [0.29, 0.717) is 11.3 Å². The molecule has 0 radical (unpaired) electrons. The second kappa shape index (κ2) is 7.96. The number of fused-ring (bicyclic) bond motifs is 1. The smallest absolute Gasteiger partial charge is 0.224 e. The van der Waals surface area contributed by atoms with Gasteiger partial charge in [0.1, 0.15) is 17.2 Å². The van der Waals surface area contributed by atoms with E-state index in [1.165, 1.54) is 5.56 Å². The van der Waals surface area contributed by atoms with Crippen LogP contribution in [0.1, 0.15) is 48.3 Å². The minimum atomic E-state index is -0.240. The van der Waals surface area contributed by atoms with Gasteiger partial charge in [-0.25, -0.2) is 4.98 Å². The second-order valence-corrected chi connectivity index (χ2v) is 8.56. The summed E-state index contributed by atoms with van der Waals surface area (Å²) in [6.07, 6.45) is 4.75. The first-order valence-corrected chi connectivity index (χ1v) is 10.9. The maximum Gasteiger partial charge on any atom is 0.224 e. The highest BCUT2D eigenvalue weighted by molar-refractivity contribution is 5.53. The van der Waals surface area contributed by atoms with Crippen LogP contribution in [0.5, 0.6) is 0 Å². The molecule has 3 aromatic heterocycles. The van der Waals surface area contributed by atoms with Crippen LogP contribution in [-0.4, -0.2) is 52.5 Å². The first-order chi connectivity index (χ1) is 14.6. The van der Waals surface area contributed by atoms with Crippen molar-refractivity contribution in [3.05, 3.63) is 59.4 Å². The molecule has 0 bridgehead atoms. The summed E-state index contributed by atoms with van der Waals surface area (Å²) in [7, 11) is 2.13. The molecule has 0 unspecified atom stereocenters. The van der Waals surface area contributed by atoms with E-state index in [-0.39, 0.29) is 18.0 Å². The number of aryl methyl sites for hydroxylation is 1. The number of aromatic nitrogens is 3. The molecule has 5 rings (SSSR count). The molecule has 0 saturated carbocycles. The van der Waals surface area contributed by atoms with Gasteiger partial charge in [-0.05, 0) is 57.0 Å². The van der Waals surface area contributed by atoms with E-state index < -0.39 is 0 Å². The third-order valence-corrected chi connectivity index (χ3v) is 6.52. The van der Waals surface area contributed by atoms with Crippen LogP contribution in [0, 0.1) is 12.9 Å². The Bertz CT molecular complexity index is 1040. The lowest BCUT2D eigenvalue weighted by Gasteiger charge is -2.34. The molecule has 0 amide bonds. The van der Waals surface area contributed by atoms with Gasteiger partial charge in [-0.2, -0.15) is 4.39 Å². The predicted octanol–water partition coefficient (Wildman–Crippen LogP) is 3.48. The quantitative estimate of drug-likeness (QED) is 0.719. The predicted molar refractivity (Wildman–Crippen MR) is 116 cm³/mol. The molecule has 2 saturated heterocycles. The number of hydrogen-bond donors (Lipinski definition) is 1. The van der Waals surface area contributed by atoms with Crippen molar-refractivity contribution in [2.24, 2.45) is 0 Å². The highest BCUT2D eigenvalue weighted by Crippen LogP contribution is 2.34. The molecule has 2 aliphatic heterocycles. The SMILES string of the molecule is Cc1cccnc1[C@@H]1CCC[C@H](c2nc3cccc(N4CCN(C)CC4)n3c2F)N1. The Morgan fingerprint density at radius 1 is 1.00 bits per heavy atom. The Labute approximate surface area is 176 Å². The molecule has 7 heteroatoms. The van der Waals surface area contributed by atoms with Gasteiger partial charge < -0.3 is 15.1 Å². The molecule has 6 nitrogen and oxygen atoms in total. The van der Waals surface area contributed by atoms with E-state index in [2.05, 4.69) is 40.1 Å². The van der Waals surface area contributed by atoms with Gasteiger partial charge in [-0.3, -0.25) is 9.38 Å². The van der Waals surface area contributed by atoms with E-state index in [1.54, 1.807) is 4.40 Å². The Morgan fingerprint density at radius 3 is 2.53 bits per heavy atom. The summed E-state index contributed by atoms with van der Waals surface area (Å²) in [5.41, 5.74) is 3.43. The number of rotatable bonds is 3. The summed E-state index contributed by atoms with van der Waals surface area (Å²) in [6.45, 7) is 5.84. The van der Waals surface area contributed by atoms with Gasteiger partial charge in [0.2, 0.25) is 5.95 Å². The average molecular weight is 409 g/mol. The number of imidazole rings is 1. The molecule has 5 heterocycles. The molecule has 2 fully saturated rings. The van der Waals surface area contributed by atoms with Gasteiger partial charge in [-0.1, -0.05) is 12.1 Å². The van der Waals surface area contributed by atoms with Crippen molar-refractivity contribution < 1.29 is 4.39 Å². The third kappa shape index (κ3) is 3.46. The number of nitrogens with one attached hydrogen (secondary N) is 1. The summed E-state index contributed by atoms with van der Waals surface area (Å²) in [5, 5.41) is 3.63. The number of piperazine rings is 1. The summed E-state index contributed by atoms with van der Waals surface area (Å²) in [5.74, 6) is 0.653. The van der Waals surface area contributed by atoms with E-state index in [1.807, 2.05) is 30.5 Å². The zero-order valence-corrected chi connectivity index (χ0v) is 17.7. The van der Waals surface area contributed by atoms with E-state index in [9.17, 15) is 0 Å². The van der Waals surface area contributed by atoms with Gasteiger partial charge in [0.05, 0.1) is 17.8 Å². The highest BCUT2D eigenvalue weighted by Gasteiger charge is 2.30. The van der Waals surface area contributed by atoms with Gasteiger partial charge in [0, 0.05) is 32.4 Å². The maximum atomic E-state index is 15.7. The summed E-state index contributed by atoms with van der Waals surface area (Å²) in [6, 6.07) is 9.95. The van der Waals surface area contributed by atoms with Crippen LogP contribution in [0.3, 0.4) is 0 Å². The molecule has 2 atom stereocenters. The topological polar surface area (TPSA) is 48.7 Å². The van der Waals surface area contributed by atoms with E-state index >= 15 is 4.39 Å². The summed E-state index contributed by atoms with van der Waals surface area (Å²) in [4.78, 5) is 13.9. The van der Waals surface area contributed by atoms with E-state index in [0.717, 1.165) is 57.0 Å². The van der Waals surface area contributed by atoms with Gasteiger partial charge in [-0.15, -0.1) is 0 Å². The standard InChI is InChI=1S/C23H29FN6/c1-16-6-5-11-25-21(16)17-7-3-8-18(26-17)22-23(24)30-19(27-22)9-4-10-20(30)29-14-12-28(2)13-15-29/h4-6,9-11,17-18,26H,3,7-8,12-15H2,1-2H3/t17-,18+/m0/s1. The minimum Gasteiger partial charge on any atom is -0.355 e. The van der Waals surface area contributed by atoms with Crippen LogP contribution < -0.4 is 10.2 Å². The lowest BCUT2D eigenvalue weighted by atomic mass is 9.93. The fourth-order valence-corrected chi connectivity index (χ4v) is 4.79. The molecule has 30 heavy (non-hydrogen) atoms. The summed E-state index contributed by atoms with van der Waals surface area (Å²) < 4.78 is 17.4. The monoisotopic (exact) mass is 408 g/mol. The van der Waals surface area contributed by atoms with Crippen molar-refractivity contribution in [2.45, 2.75) is 38.3 Å². The molecule has 0 spiro atoms. The van der Waals surface area contributed by atoms with Gasteiger partial charge in [0.25, 0.3) is 0 Å². The van der Waals surface area contributed by atoms with Crippen molar-refractivity contribution in [3.63, 3.8) is 0 Å². The van der Waals surface area contributed by atoms with Crippen molar-refractivity contribution in [2.75, 3.05) is 38.1 Å². The Kier molecular flexibility index (Phi) is 5.16. The first kappa shape index (κ1) is 19.5. The molecule has 2 aliphatic rings. The van der Waals surface area contributed by atoms with Crippen molar-refractivity contribution in [1.29, 1.82) is 0 Å². The zero-order chi connectivity index (χ0) is 20.7. The van der Waals surface area contributed by atoms with Crippen LogP contribution >= 0.6 is 0 Å². The molecule has 0 aromatic carbocycles. The number of pyridine rings is 2. The van der Waals surface area contributed by atoms with Crippen LogP contribution in [-0.2, 0) is 0 Å². The molecular weight excluding hydrogens is 379 g/mol. The van der Waals surface area contributed by atoms with Crippen molar-refractivity contribution in [1.82, 2.24) is 24.6 Å². The molecule has 1 N–H and O–H groups in total. The zero-order valence-electron chi connectivity index (χ0n) is 17.7. The number of halogens is 1. The van der Waals surface area contributed by atoms with Gasteiger partial charge >= 0.3 is 0 Å². The molecule has 0 aliphatic carbocycles. The number of anilines is 1. The second-order valence-electron chi connectivity index (χ2n) is 8.56. The third-order valence-electron chi connectivity index (χ3n) is 6.52. The molecular formula is C23H29FN6. The van der Waals surface area contributed by atoms with Gasteiger partial charge in [0.15, 0.2) is 0 Å². The van der Waals surface area contributed by atoms with Crippen LogP contribution in [0.2, 0.25) is 0 Å². The van der Waals surface area contributed by atoms with Crippen LogP contribution in [0.25, 0.3) is 5.65 Å². The van der Waals surface area contributed by atoms with Crippen molar-refractivity contribution >= 4 is 11.5 Å². The Hall–Kier alpha value is -2.51. The lowest BCUT2D eigenvalue weighted by Crippen LogP contribution is -2.45. The Morgan fingerprint density at radius 2 is 1.77 bits per heavy atom. The van der Waals surface area contributed by atoms with Crippen LogP contribution in [0.4, 0.5) is 10.2 Å². The number of likely N-dealkylation sites (N-methyl/N-ethyl adjacent to an activating group) is 1. The molecule has 3 aromatic rings. The maximum absolute atomic E-state index is 15.7. The number of piperidine rings is 1. The number of nitrogens with zero attached hydrogens (tertiary/aromatic N) is 5. The number of hydrogen-bond acceptors (Lipinski definition) is 5. The average Bonchev–Trinajstić information content (AvgIpc) is 3.12. The lowest BCUT2D eigenvalue weighted by molar-refractivity contribution is 0.309. The fraction of sp³-hybridized carbons (Fsp3) is 0.478. The first-order valence-electron chi connectivity index (χ1n) is 10.9.